The monoisotopic (exact) mass is 217 g/mol. The van der Waals surface area contributed by atoms with Crippen LogP contribution < -0.4 is 5.32 Å². The van der Waals surface area contributed by atoms with Crippen LogP contribution in [-0.2, 0) is 11.3 Å². The molecule has 0 aliphatic rings. The lowest BCUT2D eigenvalue weighted by Crippen LogP contribution is -2.27. The summed E-state index contributed by atoms with van der Waals surface area (Å²) in [4.78, 5) is 9.94. The highest BCUT2D eigenvalue weighted by molar-refractivity contribution is 6.53. The number of benzene rings is 1. The van der Waals surface area contributed by atoms with E-state index in [1.807, 2.05) is 30.3 Å². The van der Waals surface area contributed by atoms with Gasteiger partial charge >= 0.3 is 0 Å². The number of carbonyl (C=O) groups excluding carboxylic acids is 1. The molecule has 0 atom stereocenters. The van der Waals surface area contributed by atoms with E-state index in [1.54, 1.807) is 0 Å². The lowest BCUT2D eigenvalue weighted by molar-refractivity contribution is -0.119. The van der Waals surface area contributed by atoms with Crippen molar-refractivity contribution in [1.29, 1.82) is 0 Å². The van der Waals surface area contributed by atoms with Gasteiger partial charge in [0.1, 0.15) is 0 Å². The molecule has 1 rings (SSSR count). The maximum atomic E-state index is 10.9. The zero-order chi connectivity index (χ0) is 9.68. The molecule has 2 nitrogen and oxygen atoms in total. The van der Waals surface area contributed by atoms with Crippen molar-refractivity contribution in [3.63, 3.8) is 0 Å². The fourth-order valence-corrected chi connectivity index (χ4v) is 1.02. The number of hydrogen-bond donors (Lipinski definition) is 1. The van der Waals surface area contributed by atoms with E-state index in [0.29, 0.717) is 6.54 Å². The Balaban J connectivity index is 2.40. The van der Waals surface area contributed by atoms with Crippen molar-refractivity contribution in [3.8, 4) is 0 Å². The van der Waals surface area contributed by atoms with Crippen LogP contribution in [-0.4, -0.2) is 10.7 Å². The Bertz CT molecular complexity index is 274. The van der Waals surface area contributed by atoms with Crippen molar-refractivity contribution >= 4 is 29.1 Å². The number of halogens is 2. The average Bonchev–Trinajstić information content (AvgIpc) is 2.15. The highest BCUT2D eigenvalue weighted by Crippen LogP contribution is 2.02. The molecule has 1 aromatic carbocycles. The van der Waals surface area contributed by atoms with E-state index < -0.39 is 4.84 Å². The molecule has 1 amide bonds. The summed E-state index contributed by atoms with van der Waals surface area (Å²) in [6, 6.07) is 9.55. The normalized spacial score (nSPS) is 10.1. The zero-order valence-electron chi connectivity index (χ0n) is 6.84. The van der Waals surface area contributed by atoms with Gasteiger partial charge in [-0.05, 0) is 5.56 Å². The summed E-state index contributed by atoms with van der Waals surface area (Å²) in [7, 11) is 0. The highest BCUT2D eigenvalue weighted by Gasteiger charge is 2.09. The lowest BCUT2D eigenvalue weighted by Gasteiger charge is -2.04. The maximum Gasteiger partial charge on any atom is 0.253 e. The predicted molar refractivity (Wildman–Crippen MR) is 53.8 cm³/mol. The van der Waals surface area contributed by atoms with Gasteiger partial charge in [-0.1, -0.05) is 53.5 Å². The fourth-order valence-electron chi connectivity index (χ4n) is 0.862. The number of carbonyl (C=O) groups is 1. The molecule has 0 aromatic heterocycles. The van der Waals surface area contributed by atoms with Crippen molar-refractivity contribution in [2.24, 2.45) is 0 Å². The molecule has 0 saturated heterocycles. The molecule has 0 radical (unpaired) electrons. The second-order valence-electron chi connectivity index (χ2n) is 2.50. The highest BCUT2D eigenvalue weighted by atomic mass is 35.5. The molecule has 13 heavy (non-hydrogen) atoms. The largest absolute Gasteiger partial charge is 0.350 e. The summed E-state index contributed by atoms with van der Waals surface area (Å²) in [6.45, 7) is 0.454. The molecule has 0 aliphatic heterocycles. The topological polar surface area (TPSA) is 29.1 Å². The van der Waals surface area contributed by atoms with Crippen LogP contribution >= 0.6 is 23.2 Å². The molecule has 0 spiro atoms. The summed E-state index contributed by atoms with van der Waals surface area (Å²) in [5.41, 5.74) is 1.02. The second kappa shape index (κ2) is 5.10. The molecule has 0 heterocycles. The minimum Gasteiger partial charge on any atom is -0.350 e. The standard InChI is InChI=1S/C9H9Cl2NO/c10-8(11)9(13)12-6-7-4-2-1-3-5-7/h1-5,8H,6H2,(H,12,13). The minimum atomic E-state index is -0.997. The van der Waals surface area contributed by atoms with Crippen LogP contribution in [0.15, 0.2) is 30.3 Å². The SMILES string of the molecule is O=C(NCc1ccccc1)C(Cl)Cl. The van der Waals surface area contributed by atoms with Gasteiger partial charge in [0.05, 0.1) is 0 Å². The van der Waals surface area contributed by atoms with Crippen LogP contribution in [0.4, 0.5) is 0 Å². The van der Waals surface area contributed by atoms with E-state index in [4.69, 9.17) is 23.2 Å². The Kier molecular flexibility index (Phi) is 4.06. The predicted octanol–water partition coefficient (Wildman–Crippen LogP) is 2.11. The Morgan fingerprint density at radius 3 is 2.46 bits per heavy atom. The molecule has 0 bridgehead atoms. The number of hydrogen-bond acceptors (Lipinski definition) is 1. The fraction of sp³-hybridized carbons (Fsp3) is 0.222. The Labute approximate surface area is 86.8 Å². The molecule has 4 heteroatoms. The first-order valence-electron chi connectivity index (χ1n) is 3.80. The molecular formula is C9H9Cl2NO. The van der Waals surface area contributed by atoms with Gasteiger partial charge in [0, 0.05) is 6.54 Å². The van der Waals surface area contributed by atoms with Gasteiger partial charge in [-0.25, -0.2) is 0 Å². The van der Waals surface area contributed by atoms with Crippen LogP contribution in [0, 0.1) is 0 Å². The van der Waals surface area contributed by atoms with Gasteiger partial charge in [-0.2, -0.15) is 0 Å². The third-order valence-corrected chi connectivity index (χ3v) is 1.90. The van der Waals surface area contributed by atoms with Gasteiger partial charge in [0.2, 0.25) is 0 Å². The summed E-state index contributed by atoms with van der Waals surface area (Å²) < 4.78 is 0. The third-order valence-electron chi connectivity index (χ3n) is 1.51. The molecule has 70 valence electrons. The number of amides is 1. The van der Waals surface area contributed by atoms with Crippen molar-refractivity contribution in [2.45, 2.75) is 11.4 Å². The molecule has 0 aliphatic carbocycles. The van der Waals surface area contributed by atoms with Crippen molar-refractivity contribution in [2.75, 3.05) is 0 Å². The van der Waals surface area contributed by atoms with Gasteiger partial charge < -0.3 is 5.32 Å². The lowest BCUT2D eigenvalue weighted by atomic mass is 10.2. The first-order chi connectivity index (χ1) is 6.20. The summed E-state index contributed by atoms with van der Waals surface area (Å²) >= 11 is 10.7. The Morgan fingerprint density at radius 2 is 1.92 bits per heavy atom. The Morgan fingerprint density at radius 1 is 1.31 bits per heavy atom. The van der Waals surface area contributed by atoms with Gasteiger partial charge in [-0.15, -0.1) is 0 Å². The van der Waals surface area contributed by atoms with Crippen molar-refractivity contribution in [3.05, 3.63) is 35.9 Å². The molecular weight excluding hydrogens is 209 g/mol. The maximum absolute atomic E-state index is 10.9. The third kappa shape index (κ3) is 3.66. The van der Waals surface area contributed by atoms with E-state index in [2.05, 4.69) is 5.32 Å². The van der Waals surface area contributed by atoms with Crippen LogP contribution in [0.1, 0.15) is 5.56 Å². The van der Waals surface area contributed by atoms with Crippen LogP contribution in [0.5, 0.6) is 0 Å². The summed E-state index contributed by atoms with van der Waals surface area (Å²) in [6.07, 6.45) is 0. The van der Waals surface area contributed by atoms with E-state index >= 15 is 0 Å². The molecule has 0 unspecified atom stereocenters. The minimum absolute atomic E-state index is 0.368. The first kappa shape index (κ1) is 10.4. The van der Waals surface area contributed by atoms with E-state index in [-0.39, 0.29) is 5.91 Å². The zero-order valence-corrected chi connectivity index (χ0v) is 8.35. The van der Waals surface area contributed by atoms with E-state index in [0.717, 1.165) is 5.56 Å². The summed E-state index contributed by atoms with van der Waals surface area (Å²) in [5.74, 6) is -0.368. The van der Waals surface area contributed by atoms with Crippen molar-refractivity contribution < 1.29 is 4.79 Å². The second-order valence-corrected chi connectivity index (χ2v) is 3.60. The van der Waals surface area contributed by atoms with Crippen LogP contribution in [0.2, 0.25) is 0 Å². The number of alkyl halides is 2. The summed E-state index contributed by atoms with van der Waals surface area (Å²) in [5, 5.41) is 2.60. The molecule has 1 N–H and O–H groups in total. The Hall–Kier alpha value is -0.730. The van der Waals surface area contributed by atoms with Crippen LogP contribution in [0.3, 0.4) is 0 Å². The molecule has 1 aromatic rings. The van der Waals surface area contributed by atoms with Gasteiger partial charge in [-0.3, -0.25) is 4.79 Å². The van der Waals surface area contributed by atoms with E-state index in [9.17, 15) is 4.79 Å². The quantitative estimate of drug-likeness (QED) is 0.773. The average molecular weight is 218 g/mol. The van der Waals surface area contributed by atoms with Gasteiger partial charge in [0.15, 0.2) is 4.84 Å². The molecule has 0 saturated carbocycles. The van der Waals surface area contributed by atoms with E-state index in [1.165, 1.54) is 0 Å². The van der Waals surface area contributed by atoms with Crippen LogP contribution in [0.25, 0.3) is 0 Å². The smallest absolute Gasteiger partial charge is 0.253 e. The van der Waals surface area contributed by atoms with Gasteiger partial charge in [0.25, 0.3) is 5.91 Å². The first-order valence-corrected chi connectivity index (χ1v) is 4.67. The number of nitrogens with one attached hydrogen (secondary N) is 1. The number of rotatable bonds is 3. The van der Waals surface area contributed by atoms with Crippen molar-refractivity contribution in [1.82, 2.24) is 5.32 Å². The molecule has 0 fully saturated rings.